The minimum atomic E-state index is -2.39. The molecule has 536 valence electrons. The number of alkyl carbamates (subject to hydrolysis) is 2. The summed E-state index contributed by atoms with van der Waals surface area (Å²) in [5.41, 5.74) is 45.3. The van der Waals surface area contributed by atoms with Gasteiger partial charge in [0.2, 0.25) is 47.3 Å². The lowest BCUT2D eigenvalue weighted by molar-refractivity contribution is -0.374. The van der Waals surface area contributed by atoms with Gasteiger partial charge in [0.25, 0.3) is 5.79 Å². The molecule has 0 aromatic heterocycles. The third-order valence-electron chi connectivity index (χ3n) is 17.3. The molecule has 4 fully saturated rings. The van der Waals surface area contributed by atoms with E-state index in [4.69, 9.17) is 88.5 Å². The molecule has 4 aliphatic rings. The van der Waals surface area contributed by atoms with Crippen molar-refractivity contribution in [3.05, 3.63) is 0 Å². The van der Waals surface area contributed by atoms with Crippen LogP contribution in [0, 0.1) is 53.3 Å². The van der Waals surface area contributed by atoms with E-state index >= 15 is 0 Å². The van der Waals surface area contributed by atoms with Crippen LogP contribution in [0.5, 0.6) is 0 Å². The van der Waals surface area contributed by atoms with Crippen LogP contribution in [0.25, 0.3) is 0 Å². The highest BCUT2D eigenvalue weighted by atomic mass is 16.9. The molecule has 0 aromatic carbocycles. The van der Waals surface area contributed by atoms with Crippen molar-refractivity contribution in [2.45, 2.75) is 183 Å². The molecule has 4 saturated heterocycles. The van der Waals surface area contributed by atoms with Gasteiger partial charge in [-0.25, -0.2) is 14.4 Å². The summed E-state index contributed by atoms with van der Waals surface area (Å²) in [5, 5.41) is 99.2. The van der Waals surface area contributed by atoms with Gasteiger partial charge in [-0.1, -0.05) is 13.8 Å². The van der Waals surface area contributed by atoms with Gasteiger partial charge in [-0.2, -0.15) is 0 Å². The number of nitrogens with one attached hydrogen (secondary N) is 2. The van der Waals surface area contributed by atoms with Crippen LogP contribution >= 0.6 is 0 Å². The Hall–Kier alpha value is -6.83. The zero-order chi connectivity index (χ0) is 70.8. The molecule has 94 heavy (non-hydrogen) atoms. The van der Waals surface area contributed by atoms with Crippen molar-refractivity contribution in [2.75, 3.05) is 39.5 Å². The van der Waals surface area contributed by atoms with Crippen LogP contribution in [0.1, 0.15) is 85.0 Å². The molecule has 0 radical (unpaired) electrons. The van der Waals surface area contributed by atoms with E-state index in [0.717, 1.165) is 6.92 Å². The molecule has 39 nitrogen and oxygen atoms in total. The molecule has 4 heterocycles. The minimum absolute atomic E-state index is 0.00191. The molecule has 0 spiro atoms. The molecule has 4 aliphatic heterocycles. The number of aliphatic hydroxyl groups excluding tert-OH is 8. The summed E-state index contributed by atoms with van der Waals surface area (Å²) in [6.45, 7) is 0.265. The van der Waals surface area contributed by atoms with Crippen LogP contribution in [-0.2, 0) is 85.8 Å². The monoisotopic (exact) mass is 1360 g/mol. The van der Waals surface area contributed by atoms with E-state index in [0.29, 0.717) is 0 Å². The van der Waals surface area contributed by atoms with Gasteiger partial charge in [0.05, 0.1) is 19.8 Å². The van der Waals surface area contributed by atoms with Gasteiger partial charge in [-0.3, -0.25) is 38.4 Å². The van der Waals surface area contributed by atoms with Gasteiger partial charge in [0, 0.05) is 67.4 Å². The maximum atomic E-state index is 13.4. The van der Waals surface area contributed by atoms with Gasteiger partial charge in [0.1, 0.15) is 79.9 Å². The molecule has 39 heteroatoms. The highest BCUT2D eigenvalue weighted by Crippen LogP contribution is 2.40. The summed E-state index contributed by atoms with van der Waals surface area (Å²) < 4.78 is 49.8. The second kappa shape index (κ2) is 36.3. The van der Waals surface area contributed by atoms with Crippen LogP contribution < -0.4 is 56.5 Å². The molecule has 0 bridgehead atoms. The molecule has 27 N–H and O–H groups in total. The number of fused-ring (bicyclic) bond motifs is 1. The summed E-state index contributed by atoms with van der Waals surface area (Å²) in [4.78, 5) is 139. The second-order valence-electron chi connectivity index (χ2n) is 24.2. The fraction of sp³-hybridized carbons (Fsp3) is 0.800. The smallest absolute Gasteiger partial charge is 0.407 e. The number of carboxylic acid groups (broad SMARTS) is 1. The maximum Gasteiger partial charge on any atom is 0.407 e. The lowest BCUT2D eigenvalue weighted by Gasteiger charge is -2.47. The Bertz CT molecular complexity index is 2610. The number of primary amides is 8. The molecule has 13 unspecified atom stereocenters. The average Bonchev–Trinajstić information content (AvgIpc) is 1.52. The molecular formula is C55H92N10O29. The number of aliphatic hydroxyl groups is 8. The molecule has 10 amide bonds. The van der Waals surface area contributed by atoms with Crippen LogP contribution in [0.3, 0.4) is 0 Å². The van der Waals surface area contributed by atoms with Crippen molar-refractivity contribution >= 4 is 65.4 Å². The summed E-state index contributed by atoms with van der Waals surface area (Å²) in [6.07, 6.45) is -31.3. The first-order valence-electron chi connectivity index (χ1n) is 30.3. The van der Waals surface area contributed by atoms with Crippen molar-refractivity contribution in [1.29, 1.82) is 0 Å². The largest absolute Gasteiger partial charge is 0.477 e. The number of hydrogen-bond donors (Lipinski definition) is 19. The maximum absolute atomic E-state index is 13.4. The predicted molar refractivity (Wildman–Crippen MR) is 309 cm³/mol. The van der Waals surface area contributed by atoms with Gasteiger partial charge < -0.3 is 145 Å². The Kier molecular flexibility index (Phi) is 30.8. The zero-order valence-electron chi connectivity index (χ0n) is 52.0. The number of amides is 10. The molecule has 25 atom stereocenters. The second-order valence-corrected chi connectivity index (χ2v) is 24.2. The Morgan fingerprint density at radius 2 is 0.926 bits per heavy atom. The molecule has 0 saturated carbocycles. The summed E-state index contributed by atoms with van der Waals surface area (Å²) in [5.74, 6) is -20.9. The molecule has 4 rings (SSSR count). The molecule has 0 aromatic rings. The average molecular weight is 1360 g/mol. The summed E-state index contributed by atoms with van der Waals surface area (Å²) in [7, 11) is 0. The van der Waals surface area contributed by atoms with Crippen molar-refractivity contribution < 1.29 is 141 Å². The number of carbonyl (C=O) groups excluding carboxylic acids is 10. The van der Waals surface area contributed by atoms with Crippen LogP contribution in [0.2, 0.25) is 0 Å². The topological polar surface area (TPSA) is 685 Å². The zero-order valence-corrected chi connectivity index (χ0v) is 52.0. The van der Waals surface area contributed by atoms with E-state index in [1.165, 1.54) is 13.8 Å². The fourth-order valence-electron chi connectivity index (χ4n) is 11.6. The van der Waals surface area contributed by atoms with Crippen molar-refractivity contribution in [2.24, 2.45) is 99.1 Å². The van der Waals surface area contributed by atoms with E-state index in [2.05, 4.69) is 10.6 Å². The Morgan fingerprint density at radius 1 is 0.479 bits per heavy atom. The number of carboxylic acids is 1. The first-order valence-corrected chi connectivity index (χ1v) is 30.3. The third-order valence-corrected chi connectivity index (χ3v) is 17.3. The van der Waals surface area contributed by atoms with Gasteiger partial charge in [-0.15, -0.1) is 0 Å². The van der Waals surface area contributed by atoms with Crippen molar-refractivity contribution in [1.82, 2.24) is 10.6 Å². The van der Waals surface area contributed by atoms with Gasteiger partial charge in [-0.05, 0) is 70.1 Å². The quantitative estimate of drug-likeness (QED) is 0.0253. The Balaban J connectivity index is 1.40. The SMILES string of the molecule is C[C@H](CC(CCC(CCCOC(=O)NCCNC(=O)OCC1O[C@@H]2O[C@@](C)(C(=O)O)OC2[C@@H](O)[C@@H]1O[C@@H]1OC(CO)[C@H](O[C@H]2OC(CO)[C@H](O)[C@H](O)C2O)[C@H](O)C1O)C(CC(CC(CC(CC(C[C@H](C)C(N)=O)C(N)=O)C(N)=O)C(N)=O)C(N)=O)C(N)=O)C(N)=O)C(N)=O. The van der Waals surface area contributed by atoms with Crippen LogP contribution in [0.4, 0.5) is 9.59 Å². The Morgan fingerprint density at radius 3 is 1.39 bits per heavy atom. The number of carbonyl (C=O) groups is 11. The number of rotatable bonds is 40. The predicted octanol–water partition coefficient (Wildman–Crippen LogP) is -8.88. The Labute approximate surface area is 537 Å². The summed E-state index contributed by atoms with van der Waals surface area (Å²) >= 11 is 0. The summed E-state index contributed by atoms with van der Waals surface area (Å²) in [6, 6.07) is 0. The van der Waals surface area contributed by atoms with Gasteiger partial charge >= 0.3 is 18.2 Å². The number of aliphatic carboxylic acids is 1. The molecule has 0 aliphatic carbocycles. The minimum Gasteiger partial charge on any atom is -0.477 e. The number of ether oxygens (including phenoxy) is 9. The van der Waals surface area contributed by atoms with Crippen molar-refractivity contribution in [3.8, 4) is 0 Å². The van der Waals surface area contributed by atoms with Crippen molar-refractivity contribution in [3.63, 3.8) is 0 Å². The van der Waals surface area contributed by atoms with E-state index < -0.39 is 256 Å². The first kappa shape index (κ1) is 79.6. The van der Waals surface area contributed by atoms with E-state index in [1.807, 2.05) is 0 Å². The van der Waals surface area contributed by atoms with Crippen LogP contribution in [-0.4, -0.2) is 249 Å². The fourth-order valence-corrected chi connectivity index (χ4v) is 11.6. The number of hydrogen-bond acceptors (Lipinski definition) is 28. The van der Waals surface area contributed by atoms with E-state index in [1.54, 1.807) is 0 Å². The van der Waals surface area contributed by atoms with E-state index in [-0.39, 0.29) is 64.6 Å². The lowest BCUT2D eigenvalue weighted by Crippen LogP contribution is -2.66. The van der Waals surface area contributed by atoms with E-state index in [9.17, 15) is 98.7 Å². The number of nitrogens with two attached hydrogens (primary N) is 8. The molecular weight excluding hydrogens is 1260 g/mol. The first-order chi connectivity index (χ1) is 44.0. The normalized spacial score (nSPS) is 31.2. The third kappa shape index (κ3) is 22.1. The standard InChI is InChI=1S/C55H92N10O29/c1-20(41(56)74)11-23(43(58)76)7-6-22(28(48(63)81)16-27(47(62)80)15-26(46(61)79)14-25(45(60)78)13-24(44(59)77)12-21(2)42(57)75)5-4-10-86-53(84)64-8-9-65-54(85)87-19-31-39(37(73)40-51(90-31)94-55(3,93-40)52(82)83)92-50-36(72)34(70)38(30(18-67)89-50)91-49-35(71)33(69)32(68)29(17-66)88-49/h20-40,49-51,66-73H,4-19H2,1-3H3,(H2,56,74)(H2,57,75)(H2,58,76)(H2,59,77)(H2,60,78)(H2,61,79)(H2,62,80)(H2,63,81)(H,64,84)(H,65,85)(H,82,83)/t20-,21+,22?,23?,24?,25?,26?,27?,28?,29?,30?,31?,32+,33+,34-,35?,36?,37+,38+,39-,40?,49-,50+,51-,55+/m1/s1. The lowest BCUT2D eigenvalue weighted by atomic mass is 9.74. The highest BCUT2D eigenvalue weighted by molar-refractivity contribution is 5.84. The highest BCUT2D eigenvalue weighted by Gasteiger charge is 2.61. The van der Waals surface area contributed by atoms with Crippen LogP contribution in [0.15, 0.2) is 0 Å². The van der Waals surface area contributed by atoms with Gasteiger partial charge in [0.15, 0.2) is 18.9 Å².